The minimum Gasteiger partial charge on any atom is -0.490 e. The molecule has 3 atom stereocenters. The van der Waals surface area contributed by atoms with E-state index >= 15 is 0 Å². The number of nitrogens with zero attached hydrogens (tertiary/aromatic N) is 2. The van der Waals surface area contributed by atoms with E-state index in [9.17, 15) is 20.1 Å². The second-order valence-corrected chi connectivity index (χ2v) is 12.8. The van der Waals surface area contributed by atoms with Crippen LogP contribution in [0.15, 0.2) is 54.9 Å². The zero-order valence-electron chi connectivity index (χ0n) is 27.2. The van der Waals surface area contributed by atoms with Crippen molar-refractivity contribution in [2.24, 2.45) is 0 Å². The summed E-state index contributed by atoms with van der Waals surface area (Å²) in [4.78, 5) is 21.5. The van der Waals surface area contributed by atoms with Crippen LogP contribution in [0.5, 0.6) is 5.75 Å². The lowest BCUT2D eigenvalue weighted by Crippen LogP contribution is -2.47. The van der Waals surface area contributed by atoms with Gasteiger partial charge in [0, 0.05) is 55.4 Å². The molecule has 47 heavy (non-hydrogen) atoms. The number of ether oxygens (including phenoxy) is 1. The third-order valence-corrected chi connectivity index (χ3v) is 9.02. The first-order valence-electron chi connectivity index (χ1n) is 16.9. The highest BCUT2D eigenvalue weighted by Gasteiger charge is 2.46. The molecule has 2 aromatic heterocycles. The third-order valence-electron chi connectivity index (χ3n) is 9.02. The molecular formula is C36H49N5O6. The molecule has 0 bridgehead atoms. The standard InChI is InChI=1S/C36H49N5O6/c1-24-10-11-25(7-3-2-6-18-38-35(46)39-23-32(44)34(45)31(43)15-20-42)41-30(24)22-40-36(16-17-36)29-21-37-19-14-27(29)28-8-4-5-9-33(28)47-26-12-13-26/h4-5,8-11,14,19,21,26,31-32,34,40,42-45H,2-3,6-7,12-13,15-18,20,22-23H2,1H3,(H2,38,39,46). The number of carbonyl (C=O) groups excluding carboxylic acids is 1. The molecule has 3 aromatic rings. The van der Waals surface area contributed by atoms with E-state index in [1.54, 1.807) is 0 Å². The number of hydrogen-bond acceptors (Lipinski definition) is 9. The number of aliphatic hydroxyl groups excluding tert-OH is 4. The SMILES string of the molecule is Cc1ccc(CCCCCNC(=O)NCC(O)C(O)C(O)CCO)nc1CNC1(c2cnccc2-c2ccccc2OC2CC2)CC1. The first-order chi connectivity index (χ1) is 22.8. The zero-order chi connectivity index (χ0) is 33.2. The number of aliphatic hydroxyl groups is 4. The molecule has 11 heteroatoms. The summed E-state index contributed by atoms with van der Waals surface area (Å²) in [7, 11) is 0. The Morgan fingerprint density at radius 1 is 1.00 bits per heavy atom. The summed E-state index contributed by atoms with van der Waals surface area (Å²) in [5.41, 5.74) is 6.59. The highest BCUT2D eigenvalue weighted by atomic mass is 16.5. The van der Waals surface area contributed by atoms with Crippen molar-refractivity contribution in [3.63, 3.8) is 0 Å². The van der Waals surface area contributed by atoms with Crippen LogP contribution in [0, 0.1) is 6.92 Å². The van der Waals surface area contributed by atoms with E-state index in [0.29, 0.717) is 19.2 Å². The summed E-state index contributed by atoms with van der Waals surface area (Å²) in [6, 6.07) is 14.2. The van der Waals surface area contributed by atoms with Crippen LogP contribution in [-0.4, -0.2) is 80.5 Å². The van der Waals surface area contributed by atoms with Crippen LogP contribution in [0.4, 0.5) is 4.79 Å². The number of benzene rings is 1. The van der Waals surface area contributed by atoms with Gasteiger partial charge in [0.25, 0.3) is 0 Å². The molecular weight excluding hydrogens is 598 g/mol. The van der Waals surface area contributed by atoms with Gasteiger partial charge >= 0.3 is 6.03 Å². The second-order valence-electron chi connectivity index (χ2n) is 12.8. The maximum atomic E-state index is 12.0. The molecule has 2 saturated carbocycles. The smallest absolute Gasteiger partial charge is 0.314 e. The highest BCUT2D eigenvalue weighted by molar-refractivity contribution is 5.75. The largest absolute Gasteiger partial charge is 0.490 e. The molecule has 5 rings (SSSR count). The zero-order valence-corrected chi connectivity index (χ0v) is 27.2. The van der Waals surface area contributed by atoms with Crippen molar-refractivity contribution >= 4 is 6.03 Å². The van der Waals surface area contributed by atoms with Gasteiger partial charge in [-0.05, 0) is 93.2 Å². The van der Waals surface area contributed by atoms with Crippen molar-refractivity contribution in [2.45, 2.75) is 101 Å². The van der Waals surface area contributed by atoms with Crippen LogP contribution in [0.25, 0.3) is 11.1 Å². The fourth-order valence-electron chi connectivity index (χ4n) is 5.77. The number of aromatic nitrogens is 2. The van der Waals surface area contributed by atoms with Crippen molar-refractivity contribution in [3.05, 3.63) is 77.4 Å². The lowest BCUT2D eigenvalue weighted by atomic mass is 9.94. The van der Waals surface area contributed by atoms with Gasteiger partial charge in [-0.2, -0.15) is 0 Å². The number of carbonyl (C=O) groups is 1. The first kappa shape index (κ1) is 34.7. The van der Waals surface area contributed by atoms with Crippen molar-refractivity contribution in [3.8, 4) is 16.9 Å². The predicted octanol–water partition coefficient (Wildman–Crippen LogP) is 3.25. The molecule has 0 radical (unpaired) electrons. The molecule has 2 aliphatic rings. The number of rotatable bonds is 19. The van der Waals surface area contributed by atoms with E-state index in [0.717, 1.165) is 85.2 Å². The molecule has 0 aliphatic heterocycles. The fraction of sp³-hybridized carbons (Fsp3) is 0.528. The lowest BCUT2D eigenvalue weighted by molar-refractivity contribution is -0.0634. The number of urea groups is 1. The van der Waals surface area contributed by atoms with Gasteiger partial charge in [-0.1, -0.05) is 30.7 Å². The van der Waals surface area contributed by atoms with Crippen LogP contribution in [0.2, 0.25) is 0 Å². The average molecular weight is 648 g/mol. The molecule has 2 amide bonds. The summed E-state index contributed by atoms with van der Waals surface area (Å²) in [5, 5.41) is 47.3. The summed E-state index contributed by atoms with van der Waals surface area (Å²) < 4.78 is 6.26. The van der Waals surface area contributed by atoms with E-state index in [1.807, 2.05) is 18.5 Å². The summed E-state index contributed by atoms with van der Waals surface area (Å²) in [6.07, 6.45) is 7.89. The summed E-state index contributed by atoms with van der Waals surface area (Å²) >= 11 is 0. The number of hydrogen-bond donors (Lipinski definition) is 7. The van der Waals surface area contributed by atoms with Gasteiger partial charge in [-0.15, -0.1) is 0 Å². The Bertz CT molecular complexity index is 1460. The van der Waals surface area contributed by atoms with Gasteiger partial charge < -0.3 is 41.1 Å². The Kier molecular flexibility index (Phi) is 12.2. The van der Waals surface area contributed by atoms with Crippen molar-refractivity contribution < 1.29 is 30.0 Å². The highest BCUT2D eigenvalue weighted by Crippen LogP contribution is 2.50. The Hall–Kier alpha value is -3.61. The molecule has 2 aliphatic carbocycles. The fourth-order valence-corrected chi connectivity index (χ4v) is 5.77. The number of aryl methyl sites for hydroxylation is 2. The topological polar surface area (TPSA) is 169 Å². The van der Waals surface area contributed by atoms with Gasteiger partial charge in [0.1, 0.15) is 11.9 Å². The molecule has 7 N–H and O–H groups in total. The molecule has 0 saturated heterocycles. The van der Waals surface area contributed by atoms with E-state index in [-0.39, 0.29) is 25.1 Å². The predicted molar refractivity (Wildman–Crippen MR) is 179 cm³/mol. The monoisotopic (exact) mass is 647 g/mol. The molecule has 254 valence electrons. The second kappa shape index (κ2) is 16.5. The molecule has 3 unspecified atom stereocenters. The molecule has 0 spiro atoms. The van der Waals surface area contributed by atoms with Crippen LogP contribution in [-0.2, 0) is 18.5 Å². The van der Waals surface area contributed by atoms with Crippen LogP contribution in [0.1, 0.15) is 73.9 Å². The maximum Gasteiger partial charge on any atom is 0.314 e. The van der Waals surface area contributed by atoms with Gasteiger partial charge in [-0.25, -0.2) is 4.79 Å². The van der Waals surface area contributed by atoms with Crippen LogP contribution in [0.3, 0.4) is 0 Å². The number of para-hydroxylation sites is 1. The normalized spacial score (nSPS) is 17.0. The van der Waals surface area contributed by atoms with E-state index in [1.165, 1.54) is 5.56 Å². The third kappa shape index (κ3) is 9.71. The Morgan fingerprint density at radius 2 is 1.81 bits per heavy atom. The number of nitrogens with one attached hydrogen (secondary N) is 3. The number of unbranched alkanes of at least 4 members (excludes halogenated alkanes) is 2. The number of amides is 2. The van der Waals surface area contributed by atoms with Crippen LogP contribution < -0.4 is 20.7 Å². The van der Waals surface area contributed by atoms with Gasteiger partial charge in [0.05, 0.1) is 24.0 Å². The van der Waals surface area contributed by atoms with E-state index < -0.39 is 24.3 Å². The average Bonchev–Trinajstić information content (AvgIpc) is 4.03. The van der Waals surface area contributed by atoms with E-state index in [2.05, 4.69) is 64.3 Å². The maximum absolute atomic E-state index is 12.0. The minimum absolute atomic E-state index is 0.0546. The molecule has 2 heterocycles. The Morgan fingerprint density at radius 3 is 2.57 bits per heavy atom. The molecule has 1 aromatic carbocycles. The van der Waals surface area contributed by atoms with Gasteiger partial charge in [0.15, 0.2) is 0 Å². The van der Waals surface area contributed by atoms with Crippen LogP contribution >= 0.6 is 0 Å². The lowest BCUT2D eigenvalue weighted by Gasteiger charge is -2.22. The van der Waals surface area contributed by atoms with Crippen molar-refractivity contribution in [1.82, 2.24) is 25.9 Å². The molecule has 11 nitrogen and oxygen atoms in total. The van der Waals surface area contributed by atoms with E-state index in [4.69, 9.17) is 14.8 Å². The molecule has 2 fully saturated rings. The quantitative estimate of drug-likeness (QED) is 0.0966. The Balaban J connectivity index is 1.07. The summed E-state index contributed by atoms with van der Waals surface area (Å²) in [6.45, 7) is 2.73. The minimum atomic E-state index is -1.45. The van der Waals surface area contributed by atoms with Gasteiger partial charge in [-0.3, -0.25) is 9.97 Å². The summed E-state index contributed by atoms with van der Waals surface area (Å²) in [5.74, 6) is 0.936. The van der Waals surface area contributed by atoms with Gasteiger partial charge in [0.2, 0.25) is 0 Å². The van der Waals surface area contributed by atoms with Crippen molar-refractivity contribution in [1.29, 1.82) is 0 Å². The number of pyridine rings is 2. The van der Waals surface area contributed by atoms with Crippen molar-refractivity contribution in [2.75, 3.05) is 19.7 Å². The first-order valence-corrected chi connectivity index (χ1v) is 16.9. The Labute approximate surface area is 276 Å².